The van der Waals surface area contributed by atoms with Gasteiger partial charge in [-0.15, -0.1) is 0 Å². The lowest BCUT2D eigenvalue weighted by molar-refractivity contribution is 1.58. The molecule has 0 unspecified atom stereocenters. The van der Waals surface area contributed by atoms with E-state index < -0.39 is 0 Å². The van der Waals surface area contributed by atoms with Gasteiger partial charge in [0.1, 0.15) is 0 Å². The molecule has 0 aromatic heterocycles. The maximum absolute atomic E-state index is 2.50. The van der Waals surface area contributed by atoms with Crippen LogP contribution in [0.5, 0.6) is 0 Å². The second-order valence-corrected chi connectivity index (χ2v) is 22.0. The monoisotopic (exact) mass is 1030 g/mol. The van der Waals surface area contributed by atoms with E-state index in [2.05, 4.69) is 303 Å². The highest BCUT2D eigenvalue weighted by Gasteiger charge is 2.38. The van der Waals surface area contributed by atoms with E-state index in [1.54, 1.807) is 0 Å². The summed E-state index contributed by atoms with van der Waals surface area (Å²) < 4.78 is 0. The number of hydrogen-bond donors (Lipinski definition) is 0. The molecule has 2 aliphatic rings. The van der Waals surface area contributed by atoms with Gasteiger partial charge >= 0.3 is 0 Å². The molecule has 15 aromatic rings. The van der Waals surface area contributed by atoms with Crippen molar-refractivity contribution in [3.8, 4) is 134 Å². The van der Waals surface area contributed by atoms with Gasteiger partial charge in [-0.05, 0) is 189 Å². The molecule has 0 saturated carbocycles. The Hall–Kier alpha value is -10.7. The fourth-order valence-corrected chi connectivity index (χ4v) is 14.4. The fraction of sp³-hybridized carbons (Fsp3) is 0. The van der Waals surface area contributed by atoms with Gasteiger partial charge in [-0.2, -0.15) is 0 Å². The van der Waals surface area contributed by atoms with Gasteiger partial charge in [0, 0.05) is 0 Å². The highest BCUT2D eigenvalue weighted by Crippen LogP contribution is 2.66. The summed E-state index contributed by atoms with van der Waals surface area (Å²) in [4.78, 5) is 0. The number of benzene rings is 15. The first-order valence-corrected chi connectivity index (χ1v) is 28.6. The Bertz CT molecular complexity index is 4790. The van der Waals surface area contributed by atoms with Crippen molar-refractivity contribution < 1.29 is 0 Å². The minimum atomic E-state index is 1.20. The molecule has 0 amide bonds. The normalized spacial score (nSPS) is 11.9. The van der Waals surface area contributed by atoms with Crippen LogP contribution < -0.4 is 0 Å². The summed E-state index contributed by atoms with van der Waals surface area (Å²) >= 11 is 0. The van der Waals surface area contributed by atoms with Gasteiger partial charge in [0.25, 0.3) is 0 Å². The Morgan fingerprint density at radius 3 is 0.634 bits per heavy atom. The van der Waals surface area contributed by atoms with E-state index in [1.165, 1.54) is 177 Å². The molecule has 0 radical (unpaired) electrons. The first kappa shape index (κ1) is 46.3. The van der Waals surface area contributed by atoms with E-state index in [4.69, 9.17) is 0 Å². The average molecular weight is 1040 g/mol. The van der Waals surface area contributed by atoms with Crippen LogP contribution in [0, 0.1) is 0 Å². The molecule has 0 N–H and O–H groups in total. The third kappa shape index (κ3) is 6.86. The molecule has 2 aliphatic carbocycles. The zero-order valence-corrected chi connectivity index (χ0v) is 44.9. The molecule has 0 bridgehead atoms. The van der Waals surface area contributed by atoms with Crippen molar-refractivity contribution in [2.24, 2.45) is 0 Å². The summed E-state index contributed by atoms with van der Waals surface area (Å²) in [7, 11) is 0. The van der Waals surface area contributed by atoms with Crippen LogP contribution >= 0.6 is 0 Å². The van der Waals surface area contributed by atoms with Gasteiger partial charge in [0.05, 0.1) is 0 Å². The second kappa shape index (κ2) is 18.5. The lowest BCUT2D eigenvalue weighted by Crippen LogP contribution is -1.97. The van der Waals surface area contributed by atoms with E-state index in [-0.39, 0.29) is 0 Å². The van der Waals surface area contributed by atoms with E-state index in [1.807, 2.05) is 0 Å². The lowest BCUT2D eigenvalue weighted by Gasteiger charge is -2.24. The van der Waals surface area contributed by atoms with Crippen molar-refractivity contribution in [2.45, 2.75) is 0 Å². The van der Waals surface area contributed by atoms with Gasteiger partial charge in [-0.1, -0.05) is 291 Å². The standard InChI is InChI=1S/C82H50/c1-5-25-51(26-6-1)57-35-15-19-39-61(57)73-65-43-23-24-44-66(65)74(62-40-20-16-36-58(62)52-27-7-2-8-28-52)80-68-46-48-70-78-69(47-45-67(77(68)78)79(73)80)81-75(63-41-21-17-37-59(63)53-29-9-3-10-30-53)71-49-55-33-13-14-34-56(55)50-72(71)76(82(70)81)64-42-22-18-38-60(64)54-31-11-4-12-32-54/h1-50H. The van der Waals surface area contributed by atoms with Crippen LogP contribution in [0.2, 0.25) is 0 Å². The zero-order chi connectivity index (χ0) is 53.8. The summed E-state index contributed by atoms with van der Waals surface area (Å²) in [5, 5.41) is 10.0. The summed E-state index contributed by atoms with van der Waals surface area (Å²) in [5.41, 5.74) is 29.9. The molecule has 15 aromatic carbocycles. The van der Waals surface area contributed by atoms with E-state index in [9.17, 15) is 0 Å². The molecule has 0 atom stereocenters. The molecule has 0 aliphatic heterocycles. The Balaban J connectivity index is 1.06. The molecule has 17 rings (SSSR count). The summed E-state index contributed by atoms with van der Waals surface area (Å²) in [6.45, 7) is 0. The highest BCUT2D eigenvalue weighted by molar-refractivity contribution is 6.36. The Labute approximate surface area is 477 Å². The molecule has 0 heteroatoms. The first-order valence-electron chi connectivity index (χ1n) is 28.6. The maximum atomic E-state index is 2.50. The minimum Gasteiger partial charge on any atom is -0.0622 e. The van der Waals surface area contributed by atoms with Crippen LogP contribution in [0.1, 0.15) is 0 Å². The van der Waals surface area contributed by atoms with Crippen LogP contribution in [-0.4, -0.2) is 0 Å². The Morgan fingerprint density at radius 2 is 0.354 bits per heavy atom. The van der Waals surface area contributed by atoms with Crippen molar-refractivity contribution in [1.82, 2.24) is 0 Å². The molecule has 378 valence electrons. The van der Waals surface area contributed by atoms with Crippen LogP contribution in [0.4, 0.5) is 0 Å². The topological polar surface area (TPSA) is 0 Å². The minimum absolute atomic E-state index is 1.20. The molecule has 0 saturated heterocycles. The smallest absolute Gasteiger partial charge is 0.000718 e. The van der Waals surface area contributed by atoms with E-state index in [0.717, 1.165) is 0 Å². The van der Waals surface area contributed by atoms with Crippen molar-refractivity contribution in [3.63, 3.8) is 0 Å². The number of hydrogen-bond acceptors (Lipinski definition) is 0. The molecular formula is C82H50. The van der Waals surface area contributed by atoms with Crippen molar-refractivity contribution >= 4 is 43.1 Å². The third-order valence-corrected chi connectivity index (χ3v) is 17.8. The van der Waals surface area contributed by atoms with Crippen LogP contribution in [0.25, 0.3) is 177 Å². The predicted octanol–water partition coefficient (Wildman–Crippen LogP) is 22.9. The van der Waals surface area contributed by atoms with Crippen molar-refractivity contribution in [1.29, 1.82) is 0 Å². The predicted molar refractivity (Wildman–Crippen MR) is 349 cm³/mol. The van der Waals surface area contributed by atoms with Gasteiger partial charge in [0.15, 0.2) is 0 Å². The Morgan fingerprint density at radius 1 is 0.134 bits per heavy atom. The SMILES string of the molecule is c1ccc(-c2ccccc2-c2c3c(c(-c4ccccc4-c4ccccc4)c4ccccc24)-c2ccc4c5c(ccc-3c25)-c2c-4c(-c3ccccc3-c3ccccc3)c3cc4ccccc4cc3c2-c2ccccc2-c2ccccc2)cc1. The molecule has 0 heterocycles. The fourth-order valence-electron chi connectivity index (χ4n) is 14.4. The zero-order valence-electron chi connectivity index (χ0n) is 44.9. The number of fused-ring (bicyclic) bond motifs is 9. The van der Waals surface area contributed by atoms with Gasteiger partial charge < -0.3 is 0 Å². The lowest BCUT2D eigenvalue weighted by atomic mass is 9.78. The second-order valence-electron chi connectivity index (χ2n) is 22.0. The molecular weight excluding hydrogens is 985 g/mol. The Kier molecular flexibility index (Phi) is 10.4. The summed E-state index contributed by atoms with van der Waals surface area (Å²) in [5.74, 6) is 0. The largest absolute Gasteiger partial charge is 0.0622 e. The highest BCUT2D eigenvalue weighted by atomic mass is 14.4. The third-order valence-electron chi connectivity index (χ3n) is 17.8. The quantitative estimate of drug-likeness (QED) is 0.133. The van der Waals surface area contributed by atoms with Gasteiger partial charge in [-0.3, -0.25) is 0 Å². The van der Waals surface area contributed by atoms with Crippen LogP contribution in [0.3, 0.4) is 0 Å². The summed E-state index contributed by atoms with van der Waals surface area (Å²) in [6.07, 6.45) is 0. The average Bonchev–Trinajstić information content (AvgIpc) is 2.67. The van der Waals surface area contributed by atoms with Crippen molar-refractivity contribution in [2.75, 3.05) is 0 Å². The maximum Gasteiger partial charge on any atom is -0.000718 e. The van der Waals surface area contributed by atoms with E-state index >= 15 is 0 Å². The van der Waals surface area contributed by atoms with Crippen molar-refractivity contribution in [3.05, 3.63) is 303 Å². The van der Waals surface area contributed by atoms with Gasteiger partial charge in [-0.25, -0.2) is 0 Å². The van der Waals surface area contributed by atoms with Gasteiger partial charge in [0.2, 0.25) is 0 Å². The molecule has 0 spiro atoms. The molecule has 82 heavy (non-hydrogen) atoms. The molecule has 0 fully saturated rings. The number of rotatable bonds is 8. The first-order chi connectivity index (χ1) is 40.8. The van der Waals surface area contributed by atoms with Crippen LogP contribution in [-0.2, 0) is 0 Å². The summed E-state index contributed by atoms with van der Waals surface area (Å²) in [6, 6.07) is 113. The van der Waals surface area contributed by atoms with Crippen LogP contribution in [0.15, 0.2) is 303 Å². The van der Waals surface area contributed by atoms with E-state index in [0.29, 0.717) is 0 Å². The molecule has 0 nitrogen and oxygen atoms in total.